The third-order valence-electron chi connectivity index (χ3n) is 4.56. The number of amides is 1. The van der Waals surface area contributed by atoms with Crippen LogP contribution in [0.4, 0.5) is 5.69 Å². The largest absolute Gasteiger partial charge is 0.478 e. The van der Waals surface area contributed by atoms with E-state index < -0.39 is 36.0 Å². The van der Waals surface area contributed by atoms with Crippen molar-refractivity contribution in [2.75, 3.05) is 5.32 Å². The summed E-state index contributed by atoms with van der Waals surface area (Å²) in [7, 11) is 0. The Kier molecular flexibility index (Phi) is 8.86. The molecule has 3 aromatic carbocycles. The van der Waals surface area contributed by atoms with Gasteiger partial charge in [-0.15, -0.1) is 0 Å². The molecular formula is C24H16BrCl2NO7. The Labute approximate surface area is 217 Å². The summed E-state index contributed by atoms with van der Waals surface area (Å²) in [6.45, 7) is 0. The van der Waals surface area contributed by atoms with Crippen molar-refractivity contribution < 1.29 is 33.8 Å². The molecule has 3 aromatic rings. The maximum Gasteiger partial charge on any atom is 0.349 e. The first kappa shape index (κ1) is 26.2. The average molecular weight is 581 g/mol. The minimum atomic E-state index is -2.22. The van der Waals surface area contributed by atoms with Crippen molar-refractivity contribution in [3.8, 4) is 0 Å². The van der Waals surface area contributed by atoms with Crippen LogP contribution in [0.2, 0.25) is 10.0 Å². The first-order valence-electron chi connectivity index (χ1n) is 9.88. The van der Waals surface area contributed by atoms with E-state index in [1.165, 1.54) is 42.5 Å². The maximum atomic E-state index is 13.1. The fourth-order valence-corrected chi connectivity index (χ4v) is 3.68. The van der Waals surface area contributed by atoms with E-state index in [1.54, 1.807) is 30.3 Å². The van der Waals surface area contributed by atoms with Gasteiger partial charge in [-0.3, -0.25) is 4.79 Å². The molecule has 0 saturated heterocycles. The number of benzene rings is 3. The molecule has 0 bridgehead atoms. The van der Waals surface area contributed by atoms with Gasteiger partial charge in [-0.1, -0.05) is 59.6 Å². The van der Waals surface area contributed by atoms with Gasteiger partial charge in [0.05, 0.1) is 26.9 Å². The second-order valence-electron chi connectivity index (χ2n) is 6.92. The van der Waals surface area contributed by atoms with Crippen molar-refractivity contribution in [1.82, 2.24) is 0 Å². The molecular weight excluding hydrogens is 565 g/mol. The third-order valence-corrected chi connectivity index (χ3v) is 5.91. The average Bonchev–Trinajstić information content (AvgIpc) is 2.82. The van der Waals surface area contributed by atoms with Crippen LogP contribution in [0.15, 0.2) is 77.3 Å². The molecule has 0 heterocycles. The van der Waals surface area contributed by atoms with Gasteiger partial charge in [0.1, 0.15) is 0 Å². The first-order chi connectivity index (χ1) is 16.7. The lowest BCUT2D eigenvalue weighted by molar-refractivity contribution is -0.157. The van der Waals surface area contributed by atoms with E-state index in [9.17, 15) is 24.3 Å². The molecule has 0 aliphatic rings. The van der Waals surface area contributed by atoms with Gasteiger partial charge in [-0.2, -0.15) is 0 Å². The summed E-state index contributed by atoms with van der Waals surface area (Å²) in [6.07, 6.45) is -4.30. The van der Waals surface area contributed by atoms with Crippen molar-refractivity contribution in [3.63, 3.8) is 0 Å². The van der Waals surface area contributed by atoms with Gasteiger partial charge in [0, 0.05) is 4.47 Å². The molecule has 1 amide bonds. The van der Waals surface area contributed by atoms with E-state index in [-0.39, 0.29) is 26.9 Å². The van der Waals surface area contributed by atoms with Crippen LogP contribution in [0.1, 0.15) is 20.7 Å². The minimum absolute atomic E-state index is 0.00363. The van der Waals surface area contributed by atoms with Gasteiger partial charge in [-0.25, -0.2) is 14.4 Å². The summed E-state index contributed by atoms with van der Waals surface area (Å²) in [5.41, 5.74) is 0.00935. The predicted molar refractivity (Wildman–Crippen MR) is 132 cm³/mol. The van der Waals surface area contributed by atoms with Gasteiger partial charge in [0.2, 0.25) is 12.2 Å². The topological polar surface area (TPSA) is 119 Å². The Morgan fingerprint density at radius 2 is 1.20 bits per heavy atom. The zero-order valence-corrected chi connectivity index (χ0v) is 20.7. The molecule has 0 spiro atoms. The van der Waals surface area contributed by atoms with E-state index in [1.807, 2.05) is 0 Å². The smallest absolute Gasteiger partial charge is 0.349 e. The highest BCUT2D eigenvalue weighted by atomic mass is 79.9. The Bertz CT molecular complexity index is 1280. The van der Waals surface area contributed by atoms with Gasteiger partial charge in [0.15, 0.2) is 0 Å². The molecule has 180 valence electrons. The number of carboxylic acid groups (broad SMARTS) is 1. The van der Waals surface area contributed by atoms with Crippen LogP contribution in [0, 0.1) is 0 Å². The number of halogens is 3. The Balaban J connectivity index is 1.95. The second-order valence-corrected chi connectivity index (χ2v) is 8.59. The molecule has 2 N–H and O–H groups in total. The van der Waals surface area contributed by atoms with Crippen LogP contribution in [0.3, 0.4) is 0 Å². The molecule has 11 heteroatoms. The van der Waals surface area contributed by atoms with Crippen LogP contribution in [0.5, 0.6) is 0 Å². The molecule has 0 fully saturated rings. The number of esters is 2. The lowest BCUT2D eigenvalue weighted by atomic mass is 10.1. The molecule has 3 rings (SSSR count). The van der Waals surface area contributed by atoms with Gasteiger partial charge in [0.25, 0.3) is 5.91 Å². The van der Waals surface area contributed by atoms with Crippen molar-refractivity contribution in [1.29, 1.82) is 0 Å². The second kappa shape index (κ2) is 11.8. The van der Waals surface area contributed by atoms with Crippen LogP contribution in [-0.2, 0) is 19.1 Å². The molecule has 0 aliphatic heterocycles. The normalized spacial score (nSPS) is 12.2. The monoisotopic (exact) mass is 579 g/mol. The number of nitrogens with one attached hydrogen (secondary N) is 1. The van der Waals surface area contributed by atoms with E-state index in [2.05, 4.69) is 21.2 Å². The number of rotatable bonds is 8. The Hall–Kier alpha value is -3.40. The van der Waals surface area contributed by atoms with E-state index in [0.29, 0.717) is 4.47 Å². The quantitative estimate of drug-likeness (QED) is 0.350. The Morgan fingerprint density at radius 1 is 0.743 bits per heavy atom. The van der Waals surface area contributed by atoms with Gasteiger partial charge >= 0.3 is 17.9 Å². The van der Waals surface area contributed by atoms with Crippen molar-refractivity contribution >= 4 is 68.6 Å². The number of ether oxygens (including phenoxy) is 2. The van der Waals surface area contributed by atoms with Crippen LogP contribution < -0.4 is 5.32 Å². The Morgan fingerprint density at radius 3 is 1.69 bits per heavy atom. The number of anilines is 1. The van der Waals surface area contributed by atoms with Crippen molar-refractivity contribution in [3.05, 3.63) is 98.4 Å². The SMILES string of the molecule is O=C(O[C@H](C(=O)O)[C@H](OC(=O)c1ccccc1Cl)C(=O)Nc1ccccc1Br)c1ccccc1Cl. The van der Waals surface area contributed by atoms with Crippen molar-refractivity contribution in [2.45, 2.75) is 12.2 Å². The molecule has 2 atom stereocenters. The zero-order valence-electron chi connectivity index (χ0n) is 17.6. The summed E-state index contributed by atoms with van der Waals surface area (Å²) in [6, 6.07) is 18.1. The summed E-state index contributed by atoms with van der Waals surface area (Å²) >= 11 is 15.3. The lowest BCUT2D eigenvalue weighted by Gasteiger charge is -2.24. The first-order valence-corrected chi connectivity index (χ1v) is 11.4. The van der Waals surface area contributed by atoms with Crippen LogP contribution in [0.25, 0.3) is 0 Å². The highest BCUT2D eigenvalue weighted by Crippen LogP contribution is 2.24. The predicted octanol–water partition coefficient (Wildman–Crippen LogP) is 5.23. The van der Waals surface area contributed by atoms with Gasteiger partial charge < -0.3 is 19.9 Å². The number of hydrogen-bond donors (Lipinski definition) is 2. The highest BCUT2D eigenvalue weighted by molar-refractivity contribution is 9.10. The lowest BCUT2D eigenvalue weighted by Crippen LogP contribution is -2.48. The molecule has 8 nitrogen and oxygen atoms in total. The van der Waals surface area contributed by atoms with E-state index in [0.717, 1.165) is 0 Å². The van der Waals surface area contributed by atoms with Crippen LogP contribution >= 0.6 is 39.1 Å². The maximum absolute atomic E-state index is 13.1. The zero-order chi connectivity index (χ0) is 25.5. The minimum Gasteiger partial charge on any atom is -0.478 e. The standard InChI is InChI=1S/C24H16BrCl2NO7/c25-15-9-3-6-12-18(15)28-21(29)19(34-23(32)13-7-1-4-10-16(13)26)20(22(30)31)35-24(33)14-8-2-5-11-17(14)27/h1-12,19-20H,(H,28,29)(H,30,31)/t19-,20-/m0/s1. The summed E-state index contributed by atoms with van der Waals surface area (Å²) in [5, 5.41) is 12.3. The number of aliphatic carboxylic acids is 1. The van der Waals surface area contributed by atoms with E-state index >= 15 is 0 Å². The molecule has 0 unspecified atom stereocenters. The highest BCUT2D eigenvalue weighted by Gasteiger charge is 2.41. The number of para-hydroxylation sites is 1. The fraction of sp³-hybridized carbons (Fsp3) is 0.0833. The molecule has 0 saturated carbocycles. The summed E-state index contributed by atoms with van der Waals surface area (Å²) in [5.74, 6) is -5.01. The molecule has 0 aliphatic carbocycles. The summed E-state index contributed by atoms with van der Waals surface area (Å²) < 4.78 is 10.8. The summed E-state index contributed by atoms with van der Waals surface area (Å²) in [4.78, 5) is 50.7. The van der Waals surface area contributed by atoms with E-state index in [4.69, 9.17) is 32.7 Å². The number of carbonyl (C=O) groups is 4. The number of carboxylic acids is 1. The molecule has 0 aromatic heterocycles. The van der Waals surface area contributed by atoms with Crippen LogP contribution in [-0.4, -0.2) is 41.1 Å². The van der Waals surface area contributed by atoms with Gasteiger partial charge in [-0.05, 0) is 52.3 Å². The third kappa shape index (κ3) is 6.60. The number of hydrogen-bond acceptors (Lipinski definition) is 6. The molecule has 35 heavy (non-hydrogen) atoms. The fourth-order valence-electron chi connectivity index (χ4n) is 2.87. The molecule has 0 radical (unpaired) electrons. The van der Waals surface area contributed by atoms with Crippen molar-refractivity contribution in [2.24, 2.45) is 0 Å². The number of carbonyl (C=O) groups excluding carboxylic acids is 3.